The van der Waals surface area contributed by atoms with Crippen molar-refractivity contribution < 1.29 is 9.53 Å². The molecule has 1 saturated carbocycles. The number of aryl methyl sites for hydroxylation is 1. The second-order valence-corrected chi connectivity index (χ2v) is 8.09. The zero-order valence-corrected chi connectivity index (χ0v) is 17.9. The third-order valence-electron chi connectivity index (χ3n) is 5.99. The third-order valence-corrected chi connectivity index (χ3v) is 5.99. The van der Waals surface area contributed by atoms with Crippen LogP contribution in [-0.2, 0) is 16.1 Å². The maximum Gasteiger partial charge on any atom is 0.241 e. The molecule has 0 aromatic heterocycles. The molecule has 2 unspecified atom stereocenters. The Bertz CT molecular complexity index is 820. The fourth-order valence-corrected chi connectivity index (χ4v) is 3.80. The fraction of sp³-hybridized carbons (Fsp3) is 0.435. The molecule has 3 N–H and O–H groups in total. The number of ether oxygens (including phenoxy) is 1. The number of benzene rings is 2. The molecule has 0 radical (unpaired) electrons. The number of hydrogen-bond acceptors (Lipinski definition) is 3. The summed E-state index contributed by atoms with van der Waals surface area (Å²) in [6.07, 6.45) is 0.596. The minimum absolute atomic E-state index is 0. The number of rotatable bonds is 6. The highest BCUT2D eigenvalue weighted by molar-refractivity contribution is 5.88. The van der Waals surface area contributed by atoms with Gasteiger partial charge in [0, 0.05) is 25.0 Å². The summed E-state index contributed by atoms with van der Waals surface area (Å²) < 4.78 is 5.71. The predicted octanol–water partition coefficient (Wildman–Crippen LogP) is 4.23. The minimum Gasteiger partial charge on any atom is -0.378 e. The SMILES string of the molecule is CCOC1CC(N)(C(=O)NCc2ccc(-c3cccc(C)c3)cc2)C1(C)C.Cl. The molecule has 0 spiro atoms. The van der Waals surface area contributed by atoms with E-state index in [-0.39, 0.29) is 29.8 Å². The average Bonchev–Trinajstić information content (AvgIpc) is 2.66. The van der Waals surface area contributed by atoms with Crippen molar-refractivity contribution in [3.05, 3.63) is 59.7 Å². The van der Waals surface area contributed by atoms with Gasteiger partial charge in [0.15, 0.2) is 0 Å². The van der Waals surface area contributed by atoms with E-state index in [1.165, 1.54) is 16.7 Å². The molecular formula is C23H31ClN2O2. The van der Waals surface area contributed by atoms with Crippen LogP contribution in [0.5, 0.6) is 0 Å². The summed E-state index contributed by atoms with van der Waals surface area (Å²) in [5.41, 5.74) is 9.85. The van der Waals surface area contributed by atoms with Crippen molar-refractivity contribution in [2.24, 2.45) is 11.1 Å². The van der Waals surface area contributed by atoms with Crippen LogP contribution in [0.1, 0.15) is 38.3 Å². The maximum atomic E-state index is 12.7. The van der Waals surface area contributed by atoms with Crippen molar-refractivity contribution in [1.82, 2.24) is 5.32 Å². The monoisotopic (exact) mass is 402 g/mol. The summed E-state index contributed by atoms with van der Waals surface area (Å²) in [6.45, 7) is 9.18. The lowest BCUT2D eigenvalue weighted by Crippen LogP contribution is -2.75. The Morgan fingerprint density at radius 1 is 1.18 bits per heavy atom. The summed E-state index contributed by atoms with van der Waals surface area (Å²) in [5.74, 6) is -0.105. The molecule has 0 heterocycles. The molecule has 1 aliphatic rings. The highest BCUT2D eigenvalue weighted by Crippen LogP contribution is 2.49. The lowest BCUT2D eigenvalue weighted by atomic mass is 9.54. The molecule has 1 amide bonds. The van der Waals surface area contributed by atoms with Crippen LogP contribution in [0.2, 0.25) is 0 Å². The molecule has 2 aromatic rings. The highest BCUT2D eigenvalue weighted by atomic mass is 35.5. The van der Waals surface area contributed by atoms with Crippen LogP contribution < -0.4 is 11.1 Å². The van der Waals surface area contributed by atoms with E-state index >= 15 is 0 Å². The second-order valence-electron chi connectivity index (χ2n) is 8.09. The van der Waals surface area contributed by atoms with E-state index in [1.807, 2.05) is 20.8 Å². The van der Waals surface area contributed by atoms with Gasteiger partial charge in [-0.3, -0.25) is 4.79 Å². The van der Waals surface area contributed by atoms with Gasteiger partial charge in [0.25, 0.3) is 0 Å². The van der Waals surface area contributed by atoms with Crippen LogP contribution in [0.25, 0.3) is 11.1 Å². The Balaban J connectivity index is 0.00000280. The van der Waals surface area contributed by atoms with Gasteiger partial charge < -0.3 is 15.8 Å². The minimum atomic E-state index is -0.881. The predicted molar refractivity (Wildman–Crippen MR) is 116 cm³/mol. The van der Waals surface area contributed by atoms with E-state index in [1.54, 1.807) is 0 Å². The third kappa shape index (κ3) is 4.09. The number of halogens is 1. The smallest absolute Gasteiger partial charge is 0.241 e. The van der Waals surface area contributed by atoms with Gasteiger partial charge in [0.05, 0.1) is 6.10 Å². The quantitative estimate of drug-likeness (QED) is 0.759. The summed E-state index contributed by atoms with van der Waals surface area (Å²) in [4.78, 5) is 12.7. The van der Waals surface area contributed by atoms with Crippen molar-refractivity contribution in [3.8, 4) is 11.1 Å². The van der Waals surface area contributed by atoms with Crippen LogP contribution in [0, 0.1) is 12.3 Å². The number of amides is 1. The number of nitrogens with one attached hydrogen (secondary N) is 1. The van der Waals surface area contributed by atoms with Gasteiger partial charge in [-0.15, -0.1) is 12.4 Å². The maximum absolute atomic E-state index is 12.7. The van der Waals surface area contributed by atoms with Crippen LogP contribution in [0.3, 0.4) is 0 Å². The Morgan fingerprint density at radius 2 is 1.86 bits per heavy atom. The summed E-state index contributed by atoms with van der Waals surface area (Å²) in [6, 6.07) is 16.7. The van der Waals surface area contributed by atoms with Gasteiger partial charge in [-0.05, 0) is 30.5 Å². The Labute approximate surface area is 174 Å². The number of carbonyl (C=O) groups excluding carboxylic acids is 1. The summed E-state index contributed by atoms with van der Waals surface area (Å²) >= 11 is 0. The molecular weight excluding hydrogens is 372 g/mol. The van der Waals surface area contributed by atoms with Crippen molar-refractivity contribution >= 4 is 18.3 Å². The van der Waals surface area contributed by atoms with E-state index in [4.69, 9.17) is 10.5 Å². The standard InChI is InChI=1S/C23H30N2O2.ClH/c1-5-27-20-14-23(24,22(20,3)4)21(26)25-15-17-9-11-18(12-10-17)19-8-6-7-16(2)13-19;/h6-13,20H,5,14-15,24H2,1-4H3,(H,25,26);1H. The Morgan fingerprint density at radius 3 is 2.43 bits per heavy atom. The highest BCUT2D eigenvalue weighted by Gasteiger charge is 2.62. The normalized spacial score (nSPS) is 22.7. The van der Waals surface area contributed by atoms with E-state index < -0.39 is 5.54 Å². The lowest BCUT2D eigenvalue weighted by Gasteiger charge is -2.57. The largest absolute Gasteiger partial charge is 0.378 e. The zero-order valence-electron chi connectivity index (χ0n) is 17.1. The number of hydrogen-bond donors (Lipinski definition) is 2. The van der Waals surface area contributed by atoms with Gasteiger partial charge in [0.1, 0.15) is 5.54 Å². The van der Waals surface area contributed by atoms with E-state index in [0.717, 1.165) is 5.56 Å². The van der Waals surface area contributed by atoms with E-state index in [9.17, 15) is 4.79 Å². The van der Waals surface area contributed by atoms with Crippen molar-refractivity contribution in [3.63, 3.8) is 0 Å². The molecule has 1 aliphatic carbocycles. The van der Waals surface area contributed by atoms with E-state index in [0.29, 0.717) is 19.6 Å². The molecule has 2 aromatic carbocycles. The van der Waals surface area contributed by atoms with Gasteiger partial charge >= 0.3 is 0 Å². The van der Waals surface area contributed by atoms with Gasteiger partial charge in [-0.1, -0.05) is 67.9 Å². The summed E-state index contributed by atoms with van der Waals surface area (Å²) in [5, 5.41) is 3.01. The van der Waals surface area contributed by atoms with Crippen LogP contribution in [0.4, 0.5) is 0 Å². The molecule has 0 bridgehead atoms. The molecule has 3 rings (SSSR count). The number of carbonyl (C=O) groups is 1. The Kier molecular flexibility index (Phi) is 6.92. The Hall–Kier alpha value is -1.88. The van der Waals surface area contributed by atoms with Crippen molar-refractivity contribution in [2.75, 3.05) is 6.61 Å². The molecule has 0 aliphatic heterocycles. The molecule has 0 saturated heterocycles. The molecule has 2 atom stereocenters. The first-order valence-corrected chi connectivity index (χ1v) is 9.62. The second kappa shape index (κ2) is 8.64. The van der Waals surface area contributed by atoms with Gasteiger partial charge in [-0.2, -0.15) is 0 Å². The van der Waals surface area contributed by atoms with Crippen LogP contribution >= 0.6 is 12.4 Å². The molecule has 152 valence electrons. The average molecular weight is 403 g/mol. The van der Waals surface area contributed by atoms with Crippen LogP contribution in [-0.4, -0.2) is 24.2 Å². The molecule has 5 heteroatoms. The van der Waals surface area contributed by atoms with E-state index in [2.05, 4.69) is 60.8 Å². The van der Waals surface area contributed by atoms with Gasteiger partial charge in [0.2, 0.25) is 5.91 Å². The number of nitrogens with two attached hydrogens (primary N) is 1. The first-order valence-electron chi connectivity index (χ1n) is 9.62. The first-order chi connectivity index (χ1) is 12.8. The zero-order chi connectivity index (χ0) is 19.7. The molecule has 1 fully saturated rings. The van der Waals surface area contributed by atoms with Crippen molar-refractivity contribution in [1.29, 1.82) is 0 Å². The fourth-order valence-electron chi connectivity index (χ4n) is 3.80. The topological polar surface area (TPSA) is 64.3 Å². The van der Waals surface area contributed by atoms with Gasteiger partial charge in [-0.25, -0.2) is 0 Å². The molecule has 4 nitrogen and oxygen atoms in total. The lowest BCUT2D eigenvalue weighted by molar-refractivity contribution is -0.170. The van der Waals surface area contributed by atoms with Crippen molar-refractivity contribution in [2.45, 2.75) is 52.3 Å². The van der Waals surface area contributed by atoms with Crippen LogP contribution in [0.15, 0.2) is 48.5 Å². The summed E-state index contributed by atoms with van der Waals surface area (Å²) in [7, 11) is 0. The first kappa shape index (κ1) is 22.4. The molecule has 28 heavy (non-hydrogen) atoms.